The summed E-state index contributed by atoms with van der Waals surface area (Å²) in [6.07, 6.45) is 1.92. The highest BCUT2D eigenvalue weighted by atomic mass is 16.2. The first-order valence-electron chi connectivity index (χ1n) is 5.72. The average Bonchev–Trinajstić information content (AvgIpc) is 1.94. The Labute approximate surface area is 94.0 Å². The molecule has 0 heterocycles. The van der Waals surface area contributed by atoms with E-state index in [9.17, 15) is 4.79 Å². The summed E-state index contributed by atoms with van der Waals surface area (Å²) in [6.45, 7) is 13.4. The van der Waals surface area contributed by atoms with Crippen molar-refractivity contribution in [2.45, 2.75) is 59.9 Å². The molecule has 0 saturated heterocycles. The molecule has 0 aromatic carbocycles. The van der Waals surface area contributed by atoms with Crippen molar-refractivity contribution < 1.29 is 4.79 Å². The Bertz CT molecular complexity index is 204. The predicted molar refractivity (Wildman–Crippen MR) is 65.0 cm³/mol. The van der Waals surface area contributed by atoms with E-state index in [1.807, 2.05) is 6.92 Å². The topological polar surface area (TPSA) is 41.1 Å². The Morgan fingerprint density at radius 1 is 1.13 bits per heavy atom. The monoisotopic (exact) mass is 214 g/mol. The number of rotatable bonds is 4. The zero-order valence-corrected chi connectivity index (χ0v) is 11.0. The Balaban J connectivity index is 4.07. The van der Waals surface area contributed by atoms with E-state index in [1.165, 1.54) is 0 Å². The highest BCUT2D eigenvalue weighted by Gasteiger charge is 2.26. The molecule has 0 saturated carbocycles. The molecule has 0 aliphatic carbocycles. The van der Waals surface area contributed by atoms with Gasteiger partial charge in [-0.1, -0.05) is 27.7 Å². The van der Waals surface area contributed by atoms with Crippen LogP contribution in [0.25, 0.3) is 0 Å². The maximum Gasteiger partial charge on any atom is 0.315 e. The van der Waals surface area contributed by atoms with Gasteiger partial charge in [-0.25, -0.2) is 4.79 Å². The minimum Gasteiger partial charge on any atom is -0.338 e. The second kappa shape index (κ2) is 5.38. The lowest BCUT2D eigenvalue weighted by molar-refractivity contribution is 0.210. The van der Waals surface area contributed by atoms with Crippen molar-refractivity contribution in [3.8, 4) is 0 Å². The summed E-state index contributed by atoms with van der Waals surface area (Å²) in [5.41, 5.74) is 0.0671. The summed E-state index contributed by atoms with van der Waals surface area (Å²) in [5, 5.41) is 5.82. The largest absolute Gasteiger partial charge is 0.338 e. The van der Waals surface area contributed by atoms with Gasteiger partial charge in [0, 0.05) is 12.1 Å². The van der Waals surface area contributed by atoms with Crippen molar-refractivity contribution in [1.82, 2.24) is 10.6 Å². The zero-order chi connectivity index (χ0) is 12.1. The van der Waals surface area contributed by atoms with Gasteiger partial charge in [0.25, 0.3) is 0 Å². The number of amides is 2. The summed E-state index contributed by atoms with van der Waals surface area (Å²) in [4.78, 5) is 11.5. The van der Waals surface area contributed by atoms with Crippen LogP contribution in [0.3, 0.4) is 0 Å². The third-order valence-corrected chi connectivity index (χ3v) is 1.96. The standard InChI is InChI=1S/C12H26N2O/c1-7-8-13-10(15)14-12(5,6)9-11(2,3)4/h7-9H2,1-6H3,(H2,13,14,15). The Kier molecular flexibility index (Phi) is 5.12. The van der Waals surface area contributed by atoms with E-state index in [2.05, 4.69) is 45.3 Å². The van der Waals surface area contributed by atoms with Crippen LogP contribution >= 0.6 is 0 Å². The summed E-state index contributed by atoms with van der Waals surface area (Å²) in [7, 11) is 0. The van der Waals surface area contributed by atoms with Crippen LogP contribution in [0.5, 0.6) is 0 Å². The molecule has 2 N–H and O–H groups in total. The summed E-state index contributed by atoms with van der Waals surface area (Å²) < 4.78 is 0. The molecule has 2 amide bonds. The Hall–Kier alpha value is -0.730. The average molecular weight is 214 g/mol. The van der Waals surface area contributed by atoms with E-state index in [4.69, 9.17) is 0 Å². The minimum atomic E-state index is -0.157. The molecular weight excluding hydrogens is 188 g/mol. The lowest BCUT2D eigenvalue weighted by Gasteiger charge is -2.33. The van der Waals surface area contributed by atoms with Gasteiger partial charge in [0.05, 0.1) is 0 Å². The number of hydrogen-bond donors (Lipinski definition) is 2. The Morgan fingerprint density at radius 3 is 2.07 bits per heavy atom. The molecule has 0 unspecified atom stereocenters. The van der Waals surface area contributed by atoms with Crippen LogP contribution in [0.4, 0.5) is 4.79 Å². The zero-order valence-electron chi connectivity index (χ0n) is 11.0. The molecule has 90 valence electrons. The first-order chi connectivity index (χ1) is 6.66. The lowest BCUT2D eigenvalue weighted by Crippen LogP contribution is -2.50. The van der Waals surface area contributed by atoms with Crippen molar-refractivity contribution in [2.75, 3.05) is 6.54 Å². The fourth-order valence-corrected chi connectivity index (χ4v) is 1.96. The van der Waals surface area contributed by atoms with Gasteiger partial charge in [-0.15, -0.1) is 0 Å². The highest BCUT2D eigenvalue weighted by molar-refractivity contribution is 5.74. The van der Waals surface area contributed by atoms with Crippen LogP contribution in [0.1, 0.15) is 54.4 Å². The number of nitrogens with one attached hydrogen (secondary N) is 2. The number of carbonyl (C=O) groups is 1. The van der Waals surface area contributed by atoms with Crippen LogP contribution in [0.2, 0.25) is 0 Å². The van der Waals surface area contributed by atoms with Crippen molar-refractivity contribution >= 4 is 6.03 Å². The van der Waals surface area contributed by atoms with E-state index in [1.54, 1.807) is 0 Å². The van der Waals surface area contributed by atoms with E-state index in [0.717, 1.165) is 19.4 Å². The Morgan fingerprint density at radius 2 is 1.67 bits per heavy atom. The third kappa shape index (κ3) is 8.28. The molecule has 0 aromatic rings. The summed E-state index contributed by atoms with van der Waals surface area (Å²) in [6, 6.07) is -0.0638. The van der Waals surface area contributed by atoms with Crippen LogP contribution < -0.4 is 10.6 Å². The maximum absolute atomic E-state index is 11.5. The first kappa shape index (κ1) is 14.3. The van der Waals surface area contributed by atoms with Crippen LogP contribution in [-0.4, -0.2) is 18.1 Å². The van der Waals surface area contributed by atoms with Crippen molar-refractivity contribution in [1.29, 1.82) is 0 Å². The molecule has 0 aliphatic rings. The van der Waals surface area contributed by atoms with Gasteiger partial charge < -0.3 is 10.6 Å². The fourth-order valence-electron chi connectivity index (χ4n) is 1.96. The SMILES string of the molecule is CCCNC(=O)NC(C)(C)CC(C)(C)C. The minimum absolute atomic E-state index is 0.0638. The van der Waals surface area contributed by atoms with E-state index < -0.39 is 0 Å². The quantitative estimate of drug-likeness (QED) is 0.742. The molecule has 0 aromatic heterocycles. The van der Waals surface area contributed by atoms with Crippen LogP contribution in [0, 0.1) is 5.41 Å². The third-order valence-electron chi connectivity index (χ3n) is 1.96. The van der Waals surface area contributed by atoms with Gasteiger partial charge in [0.15, 0.2) is 0 Å². The van der Waals surface area contributed by atoms with Gasteiger partial charge in [0.2, 0.25) is 0 Å². The number of carbonyl (C=O) groups excluding carboxylic acids is 1. The fraction of sp³-hybridized carbons (Fsp3) is 0.917. The molecule has 0 radical (unpaired) electrons. The smallest absolute Gasteiger partial charge is 0.315 e. The molecule has 0 spiro atoms. The molecule has 0 rings (SSSR count). The second-order valence-electron chi connectivity index (χ2n) is 6.00. The molecule has 3 heteroatoms. The van der Waals surface area contributed by atoms with E-state index >= 15 is 0 Å². The normalized spacial score (nSPS) is 12.4. The van der Waals surface area contributed by atoms with Crippen molar-refractivity contribution in [2.24, 2.45) is 5.41 Å². The molecule has 3 nitrogen and oxygen atoms in total. The van der Waals surface area contributed by atoms with Crippen LogP contribution in [-0.2, 0) is 0 Å². The number of hydrogen-bond acceptors (Lipinski definition) is 1. The van der Waals surface area contributed by atoms with Crippen molar-refractivity contribution in [3.05, 3.63) is 0 Å². The van der Waals surface area contributed by atoms with Crippen LogP contribution in [0.15, 0.2) is 0 Å². The lowest BCUT2D eigenvalue weighted by atomic mass is 9.82. The van der Waals surface area contributed by atoms with Gasteiger partial charge in [0.1, 0.15) is 0 Å². The molecule has 15 heavy (non-hydrogen) atoms. The molecule has 0 aliphatic heterocycles. The summed E-state index contributed by atoms with van der Waals surface area (Å²) >= 11 is 0. The maximum atomic E-state index is 11.5. The van der Waals surface area contributed by atoms with Gasteiger partial charge in [-0.2, -0.15) is 0 Å². The first-order valence-corrected chi connectivity index (χ1v) is 5.72. The van der Waals surface area contributed by atoms with Gasteiger partial charge in [-0.3, -0.25) is 0 Å². The molecular formula is C12H26N2O. The van der Waals surface area contributed by atoms with E-state index in [-0.39, 0.29) is 17.0 Å². The summed E-state index contributed by atoms with van der Waals surface area (Å²) in [5.74, 6) is 0. The number of urea groups is 1. The highest BCUT2D eigenvalue weighted by Crippen LogP contribution is 2.26. The molecule has 0 atom stereocenters. The predicted octanol–water partition coefficient (Wildman–Crippen LogP) is 2.91. The van der Waals surface area contributed by atoms with E-state index in [0.29, 0.717) is 0 Å². The van der Waals surface area contributed by atoms with Gasteiger partial charge >= 0.3 is 6.03 Å². The van der Waals surface area contributed by atoms with Crippen molar-refractivity contribution in [3.63, 3.8) is 0 Å². The molecule has 0 fully saturated rings. The van der Waals surface area contributed by atoms with Gasteiger partial charge in [-0.05, 0) is 32.1 Å². The molecule has 0 bridgehead atoms. The second-order valence-corrected chi connectivity index (χ2v) is 6.00.